The maximum absolute atomic E-state index is 13.1. The molecule has 176 valence electrons. The number of sulfonamides is 1. The smallest absolute Gasteiger partial charge is 0.251 e. The molecule has 0 radical (unpaired) electrons. The molecular formula is C25H25N3O4S2. The first kappa shape index (κ1) is 23.9. The van der Waals surface area contributed by atoms with Crippen molar-refractivity contribution in [2.75, 3.05) is 11.9 Å². The van der Waals surface area contributed by atoms with Gasteiger partial charge >= 0.3 is 0 Å². The summed E-state index contributed by atoms with van der Waals surface area (Å²) < 4.78 is 27.6. The quantitative estimate of drug-likeness (QED) is 0.464. The second-order valence-electron chi connectivity index (χ2n) is 8.04. The summed E-state index contributed by atoms with van der Waals surface area (Å²) >= 11 is 1.35. The monoisotopic (exact) mass is 495 g/mol. The Hall–Kier alpha value is -3.27. The molecule has 0 unspecified atom stereocenters. The van der Waals surface area contributed by atoms with Crippen LogP contribution in [0.25, 0.3) is 0 Å². The second-order valence-corrected chi connectivity index (χ2v) is 11.1. The molecule has 9 heteroatoms. The van der Waals surface area contributed by atoms with E-state index in [1.807, 2.05) is 25.1 Å². The van der Waals surface area contributed by atoms with Crippen LogP contribution in [0.2, 0.25) is 0 Å². The zero-order valence-electron chi connectivity index (χ0n) is 18.7. The lowest BCUT2D eigenvalue weighted by Crippen LogP contribution is -2.27. The number of rotatable bonds is 8. The van der Waals surface area contributed by atoms with E-state index in [2.05, 4.69) is 23.3 Å². The van der Waals surface area contributed by atoms with E-state index in [0.29, 0.717) is 17.1 Å². The molecule has 0 atom stereocenters. The van der Waals surface area contributed by atoms with Gasteiger partial charge in [-0.15, -0.1) is 11.3 Å². The molecule has 2 amide bonds. The zero-order chi connectivity index (χ0) is 24.3. The van der Waals surface area contributed by atoms with E-state index in [1.165, 1.54) is 51.5 Å². The molecule has 2 N–H and O–H groups in total. The number of aryl methyl sites for hydroxylation is 1. The maximum Gasteiger partial charge on any atom is 0.251 e. The predicted octanol–water partition coefficient (Wildman–Crippen LogP) is 3.86. The van der Waals surface area contributed by atoms with E-state index >= 15 is 0 Å². The van der Waals surface area contributed by atoms with Gasteiger partial charge in [-0.2, -0.15) is 4.31 Å². The molecule has 0 aliphatic carbocycles. The molecule has 0 fully saturated rings. The van der Waals surface area contributed by atoms with Gasteiger partial charge in [-0.25, -0.2) is 8.42 Å². The lowest BCUT2D eigenvalue weighted by molar-refractivity contribution is -0.111. The van der Waals surface area contributed by atoms with Crippen LogP contribution in [0.3, 0.4) is 0 Å². The predicted molar refractivity (Wildman–Crippen MR) is 133 cm³/mol. The second kappa shape index (κ2) is 9.92. The van der Waals surface area contributed by atoms with Crippen LogP contribution >= 0.6 is 11.3 Å². The third kappa shape index (κ3) is 5.27. The van der Waals surface area contributed by atoms with Crippen LogP contribution in [0.15, 0.2) is 72.1 Å². The number of nitrogens with one attached hydrogen (secondary N) is 2. The summed E-state index contributed by atoms with van der Waals surface area (Å²) in [7, 11) is -3.71. The van der Waals surface area contributed by atoms with E-state index in [0.717, 1.165) is 22.4 Å². The molecule has 4 rings (SSSR count). The first-order valence-electron chi connectivity index (χ1n) is 10.8. The number of carbonyl (C=O) groups excluding carboxylic acids is 2. The number of fused-ring (bicyclic) bond motifs is 1. The first-order valence-corrected chi connectivity index (χ1v) is 13.0. The highest BCUT2D eigenvalue weighted by atomic mass is 32.2. The van der Waals surface area contributed by atoms with Crippen molar-refractivity contribution in [3.63, 3.8) is 0 Å². The van der Waals surface area contributed by atoms with Crippen LogP contribution in [0.1, 0.15) is 31.9 Å². The van der Waals surface area contributed by atoms with E-state index < -0.39 is 10.0 Å². The minimum atomic E-state index is -3.71. The number of anilines is 1. The van der Waals surface area contributed by atoms with Gasteiger partial charge in [0.05, 0.1) is 9.90 Å². The lowest BCUT2D eigenvalue weighted by atomic mass is 10.1. The summed E-state index contributed by atoms with van der Waals surface area (Å²) in [5.41, 5.74) is 3.61. The molecule has 0 spiro atoms. The Morgan fingerprint density at radius 2 is 1.88 bits per heavy atom. The van der Waals surface area contributed by atoms with Crippen LogP contribution in [-0.2, 0) is 34.3 Å². The van der Waals surface area contributed by atoms with Crippen LogP contribution in [-0.4, -0.2) is 31.1 Å². The van der Waals surface area contributed by atoms with Crippen molar-refractivity contribution >= 4 is 38.2 Å². The van der Waals surface area contributed by atoms with Crippen LogP contribution in [0.4, 0.5) is 5.00 Å². The Bertz CT molecular complexity index is 1320. The standard InChI is InChI=1S/C25H25N3O4S2/c1-3-23(29)27-24-14-20-15-28(16-22(20)33-24)34(31,32)21-9-7-19(8-10-21)25(30)26-12-11-18-6-4-5-17(2)13-18/h3-10,13-14H,1,11-12,15-16H2,2H3,(H,26,30)(H,27,29). The molecule has 7 nitrogen and oxygen atoms in total. The first-order chi connectivity index (χ1) is 16.3. The van der Waals surface area contributed by atoms with E-state index in [-0.39, 0.29) is 29.8 Å². The van der Waals surface area contributed by atoms with Crippen LogP contribution in [0, 0.1) is 6.92 Å². The van der Waals surface area contributed by atoms with Gasteiger partial charge in [-0.1, -0.05) is 36.4 Å². The van der Waals surface area contributed by atoms with Gasteiger partial charge in [0.25, 0.3) is 5.91 Å². The number of hydrogen-bond donors (Lipinski definition) is 2. The number of benzene rings is 2. The molecule has 34 heavy (non-hydrogen) atoms. The molecule has 0 bridgehead atoms. The third-order valence-electron chi connectivity index (χ3n) is 5.53. The summed E-state index contributed by atoms with van der Waals surface area (Å²) in [6.07, 6.45) is 1.91. The summed E-state index contributed by atoms with van der Waals surface area (Å²) in [5, 5.41) is 6.25. The molecule has 2 aromatic carbocycles. The Morgan fingerprint density at radius 3 is 2.56 bits per heavy atom. The molecule has 0 saturated heterocycles. The van der Waals surface area contributed by atoms with Gasteiger partial charge in [0.1, 0.15) is 0 Å². The van der Waals surface area contributed by atoms with Crippen molar-refractivity contribution < 1.29 is 18.0 Å². The summed E-state index contributed by atoms with van der Waals surface area (Å²) in [4.78, 5) is 25.0. The summed E-state index contributed by atoms with van der Waals surface area (Å²) in [5.74, 6) is -0.544. The van der Waals surface area contributed by atoms with Crippen LogP contribution in [0.5, 0.6) is 0 Å². The third-order valence-corrected chi connectivity index (χ3v) is 8.41. The van der Waals surface area contributed by atoms with E-state index in [9.17, 15) is 18.0 Å². The van der Waals surface area contributed by atoms with E-state index in [4.69, 9.17) is 0 Å². The SMILES string of the molecule is C=CC(=O)Nc1cc2c(s1)CN(S(=O)(=O)c1ccc(C(=O)NCCc3cccc(C)c3)cc1)C2. The largest absolute Gasteiger partial charge is 0.352 e. The zero-order valence-corrected chi connectivity index (χ0v) is 20.3. The summed E-state index contributed by atoms with van der Waals surface area (Å²) in [6.45, 7) is 6.43. The molecule has 2 heterocycles. The number of amides is 2. The van der Waals surface area contributed by atoms with Gasteiger partial charge < -0.3 is 10.6 Å². The van der Waals surface area contributed by atoms with Crippen molar-refractivity contribution in [2.24, 2.45) is 0 Å². The highest BCUT2D eigenvalue weighted by molar-refractivity contribution is 7.89. The number of hydrogen-bond acceptors (Lipinski definition) is 5. The molecule has 1 aliphatic heterocycles. The van der Waals surface area contributed by atoms with Gasteiger partial charge in [0.2, 0.25) is 15.9 Å². The Kier molecular flexibility index (Phi) is 6.97. The van der Waals surface area contributed by atoms with Gasteiger partial charge in [0.15, 0.2) is 0 Å². The fraction of sp³-hybridized carbons (Fsp3) is 0.200. The molecule has 1 aromatic heterocycles. The van der Waals surface area contributed by atoms with Gasteiger partial charge in [0, 0.05) is 30.1 Å². The fourth-order valence-electron chi connectivity index (χ4n) is 3.76. The van der Waals surface area contributed by atoms with Crippen LogP contribution < -0.4 is 10.6 Å². The Morgan fingerprint density at radius 1 is 1.12 bits per heavy atom. The normalized spacial score (nSPS) is 13.3. The minimum absolute atomic E-state index is 0.138. The Balaban J connectivity index is 1.35. The topological polar surface area (TPSA) is 95.6 Å². The van der Waals surface area contributed by atoms with Crippen molar-refractivity contribution in [3.05, 3.63) is 94.4 Å². The van der Waals surface area contributed by atoms with Crippen molar-refractivity contribution in [1.29, 1.82) is 0 Å². The van der Waals surface area contributed by atoms with Crippen molar-refractivity contribution in [3.8, 4) is 0 Å². The van der Waals surface area contributed by atoms with Gasteiger partial charge in [-0.05, 0) is 60.9 Å². The number of nitrogens with zero attached hydrogens (tertiary/aromatic N) is 1. The van der Waals surface area contributed by atoms with Crippen molar-refractivity contribution in [1.82, 2.24) is 9.62 Å². The molecular weight excluding hydrogens is 470 g/mol. The highest BCUT2D eigenvalue weighted by Gasteiger charge is 2.32. The fourth-order valence-corrected chi connectivity index (χ4v) is 6.32. The van der Waals surface area contributed by atoms with E-state index in [1.54, 1.807) is 6.07 Å². The maximum atomic E-state index is 13.1. The molecule has 1 aliphatic rings. The molecule has 0 saturated carbocycles. The Labute approximate surface area is 203 Å². The average molecular weight is 496 g/mol. The van der Waals surface area contributed by atoms with Crippen molar-refractivity contribution in [2.45, 2.75) is 31.3 Å². The number of carbonyl (C=O) groups is 2. The van der Waals surface area contributed by atoms with Gasteiger partial charge in [-0.3, -0.25) is 9.59 Å². The average Bonchev–Trinajstić information content (AvgIpc) is 3.38. The molecule has 3 aromatic rings. The highest BCUT2D eigenvalue weighted by Crippen LogP contribution is 2.36. The minimum Gasteiger partial charge on any atom is -0.352 e. The number of thiophene rings is 1. The lowest BCUT2D eigenvalue weighted by Gasteiger charge is -2.16. The summed E-state index contributed by atoms with van der Waals surface area (Å²) in [6, 6.07) is 15.9.